The zero-order valence-electron chi connectivity index (χ0n) is 32.5. The lowest BCUT2D eigenvalue weighted by atomic mass is 9.89. The molecule has 278 valence electrons. The number of pyridine rings is 1. The second kappa shape index (κ2) is 13.8. The van der Waals surface area contributed by atoms with Gasteiger partial charge in [0.1, 0.15) is 0 Å². The van der Waals surface area contributed by atoms with E-state index in [1.807, 2.05) is 6.07 Å². The molecule has 0 aliphatic heterocycles. The number of rotatable bonds is 5. The molecule has 60 heavy (non-hydrogen) atoms. The van der Waals surface area contributed by atoms with Gasteiger partial charge in [0.05, 0.1) is 22.4 Å². The Morgan fingerprint density at radius 1 is 0.250 bits per heavy atom. The molecular weight excluding hydrogens is 727 g/mol. The molecular formula is C57H35N3. The summed E-state index contributed by atoms with van der Waals surface area (Å²) in [4.78, 5) is 15.7. The second-order valence-corrected chi connectivity index (χ2v) is 15.5. The van der Waals surface area contributed by atoms with Gasteiger partial charge < -0.3 is 0 Å². The van der Waals surface area contributed by atoms with E-state index < -0.39 is 0 Å². The molecule has 0 radical (unpaired) electrons. The van der Waals surface area contributed by atoms with Crippen molar-refractivity contribution < 1.29 is 0 Å². The summed E-state index contributed by atoms with van der Waals surface area (Å²) >= 11 is 0. The average molecular weight is 762 g/mol. The van der Waals surface area contributed by atoms with Crippen LogP contribution in [0.5, 0.6) is 0 Å². The van der Waals surface area contributed by atoms with Crippen molar-refractivity contribution in [3.63, 3.8) is 0 Å². The maximum Gasteiger partial charge on any atom is 0.160 e. The smallest absolute Gasteiger partial charge is 0.160 e. The minimum atomic E-state index is 0.711. The fraction of sp³-hybridized carbons (Fsp3) is 0. The van der Waals surface area contributed by atoms with Gasteiger partial charge in [-0.25, -0.2) is 15.0 Å². The van der Waals surface area contributed by atoms with Crippen LogP contribution in [0.2, 0.25) is 0 Å². The molecule has 0 aliphatic carbocycles. The lowest BCUT2D eigenvalue weighted by Gasteiger charge is -2.17. The number of hydrogen-bond acceptors (Lipinski definition) is 3. The predicted octanol–water partition coefficient (Wildman–Crippen LogP) is 15.1. The maximum absolute atomic E-state index is 5.36. The molecule has 0 spiro atoms. The van der Waals surface area contributed by atoms with Crippen LogP contribution >= 0.6 is 0 Å². The van der Waals surface area contributed by atoms with Crippen LogP contribution in [0.1, 0.15) is 0 Å². The van der Waals surface area contributed by atoms with Gasteiger partial charge in [0.2, 0.25) is 0 Å². The van der Waals surface area contributed by atoms with E-state index in [1.54, 1.807) is 0 Å². The van der Waals surface area contributed by atoms with E-state index >= 15 is 0 Å². The first-order valence-corrected chi connectivity index (χ1v) is 20.4. The number of aromatic nitrogens is 3. The van der Waals surface area contributed by atoms with Crippen LogP contribution in [-0.2, 0) is 0 Å². The second-order valence-electron chi connectivity index (χ2n) is 15.5. The van der Waals surface area contributed by atoms with Crippen molar-refractivity contribution in [1.82, 2.24) is 15.0 Å². The van der Waals surface area contributed by atoms with E-state index in [2.05, 4.69) is 206 Å². The quantitative estimate of drug-likeness (QED) is 0.164. The number of nitrogens with zero attached hydrogens (tertiary/aromatic N) is 3. The Balaban J connectivity index is 0.984. The molecule has 0 N–H and O–H groups in total. The maximum atomic E-state index is 5.36. The molecule has 0 saturated carbocycles. The third-order valence-electron chi connectivity index (χ3n) is 12.0. The highest BCUT2D eigenvalue weighted by Crippen LogP contribution is 2.43. The van der Waals surface area contributed by atoms with Crippen molar-refractivity contribution >= 4 is 64.9 Å². The van der Waals surface area contributed by atoms with Crippen molar-refractivity contribution in [3.05, 3.63) is 212 Å². The topological polar surface area (TPSA) is 38.7 Å². The predicted molar refractivity (Wildman–Crippen MR) is 252 cm³/mol. The Bertz CT molecular complexity index is 3660. The van der Waals surface area contributed by atoms with Crippen molar-refractivity contribution in [2.45, 2.75) is 0 Å². The zero-order chi connectivity index (χ0) is 39.6. The van der Waals surface area contributed by atoms with Gasteiger partial charge in [0, 0.05) is 38.2 Å². The minimum Gasteiger partial charge on any atom is -0.247 e. The summed E-state index contributed by atoms with van der Waals surface area (Å²) < 4.78 is 0. The molecule has 0 saturated heterocycles. The molecule has 3 heteroatoms. The van der Waals surface area contributed by atoms with Gasteiger partial charge in [-0.1, -0.05) is 182 Å². The summed E-state index contributed by atoms with van der Waals surface area (Å²) in [6, 6.07) is 75.8. The summed E-state index contributed by atoms with van der Waals surface area (Å²) in [5, 5.41) is 11.8. The largest absolute Gasteiger partial charge is 0.247 e. The number of fused-ring (bicyclic) bond motifs is 8. The molecule has 0 unspecified atom stereocenters. The van der Waals surface area contributed by atoms with Gasteiger partial charge in [0.25, 0.3) is 0 Å². The summed E-state index contributed by atoms with van der Waals surface area (Å²) in [6.07, 6.45) is 0. The number of hydrogen-bond donors (Lipinski definition) is 0. The zero-order valence-corrected chi connectivity index (χ0v) is 32.5. The number of para-hydroxylation sites is 2. The van der Waals surface area contributed by atoms with Gasteiger partial charge >= 0.3 is 0 Å². The van der Waals surface area contributed by atoms with E-state index in [-0.39, 0.29) is 0 Å². The van der Waals surface area contributed by atoms with E-state index in [0.29, 0.717) is 5.82 Å². The van der Waals surface area contributed by atoms with E-state index in [0.717, 1.165) is 72.0 Å². The van der Waals surface area contributed by atoms with Gasteiger partial charge in [-0.05, 0) is 84.9 Å². The third kappa shape index (κ3) is 5.63. The highest BCUT2D eigenvalue weighted by molar-refractivity contribution is 6.25. The average Bonchev–Trinajstić information content (AvgIpc) is 3.32. The fourth-order valence-electron chi connectivity index (χ4n) is 9.13. The first-order valence-electron chi connectivity index (χ1n) is 20.4. The molecule has 12 aromatic rings. The Kier molecular flexibility index (Phi) is 7.85. The normalized spacial score (nSPS) is 11.7. The Morgan fingerprint density at radius 2 is 0.850 bits per heavy atom. The first kappa shape index (κ1) is 34.1. The van der Waals surface area contributed by atoms with Crippen LogP contribution in [0.3, 0.4) is 0 Å². The molecule has 0 amide bonds. The minimum absolute atomic E-state index is 0.711. The summed E-state index contributed by atoms with van der Waals surface area (Å²) in [5.74, 6) is 0.711. The van der Waals surface area contributed by atoms with Crippen LogP contribution in [0, 0.1) is 0 Å². The molecule has 2 aromatic heterocycles. The SMILES string of the molecule is c1cc(-c2ccc(-c3nc(-c4cccc5ccccc45)c4ccccc4n3)cc2)cc(-c2cc3c(-c4ccc5ccccc5c4)nc4ccccc4c3c3ccccc23)c1. The van der Waals surface area contributed by atoms with Crippen LogP contribution in [0.4, 0.5) is 0 Å². The molecule has 0 aliphatic rings. The molecule has 3 nitrogen and oxygen atoms in total. The Hall–Kier alpha value is -8.01. The molecule has 0 bridgehead atoms. The highest BCUT2D eigenvalue weighted by atomic mass is 14.9. The van der Waals surface area contributed by atoms with Gasteiger partial charge in [-0.15, -0.1) is 0 Å². The van der Waals surface area contributed by atoms with Crippen molar-refractivity contribution in [1.29, 1.82) is 0 Å². The van der Waals surface area contributed by atoms with E-state index in [4.69, 9.17) is 15.0 Å². The number of benzene rings is 10. The van der Waals surface area contributed by atoms with Crippen LogP contribution in [0.15, 0.2) is 212 Å². The lowest BCUT2D eigenvalue weighted by Crippen LogP contribution is -1.96. The van der Waals surface area contributed by atoms with Crippen LogP contribution < -0.4 is 0 Å². The molecule has 0 atom stereocenters. The monoisotopic (exact) mass is 761 g/mol. The summed E-state index contributed by atoms with van der Waals surface area (Å²) in [7, 11) is 0. The standard InChI is InChI=1S/C57H35N3/c1-2-15-40-34-43(32-29-36(40)13-1)55-51-35-50(45-20-5-6-21-46(45)54(51)48-22-7-9-25-52(48)58-55)42-18-11-17-41(33-42)37-27-30-39(31-28-37)57-59-53-26-10-8-23-49(53)56(60-57)47-24-12-16-38-14-3-4-19-44(38)47/h1-35H. The van der Waals surface area contributed by atoms with Crippen molar-refractivity contribution in [3.8, 4) is 56.2 Å². The Morgan fingerprint density at radius 3 is 1.68 bits per heavy atom. The first-order chi connectivity index (χ1) is 29.7. The van der Waals surface area contributed by atoms with Gasteiger partial charge in [-0.3, -0.25) is 0 Å². The molecule has 12 rings (SSSR count). The summed E-state index contributed by atoms with van der Waals surface area (Å²) in [6.45, 7) is 0. The summed E-state index contributed by atoms with van der Waals surface area (Å²) in [5.41, 5.74) is 11.7. The van der Waals surface area contributed by atoms with E-state index in [1.165, 1.54) is 43.3 Å². The van der Waals surface area contributed by atoms with Crippen LogP contribution in [-0.4, -0.2) is 15.0 Å². The Labute approximate surface area is 346 Å². The highest BCUT2D eigenvalue weighted by Gasteiger charge is 2.18. The van der Waals surface area contributed by atoms with Crippen LogP contribution in [0.25, 0.3) is 121 Å². The van der Waals surface area contributed by atoms with E-state index in [9.17, 15) is 0 Å². The molecule has 0 fully saturated rings. The van der Waals surface area contributed by atoms with Gasteiger partial charge in [0.15, 0.2) is 5.82 Å². The molecule has 10 aromatic carbocycles. The lowest BCUT2D eigenvalue weighted by molar-refractivity contribution is 1.23. The molecule has 2 heterocycles. The van der Waals surface area contributed by atoms with Crippen molar-refractivity contribution in [2.75, 3.05) is 0 Å². The fourth-order valence-corrected chi connectivity index (χ4v) is 9.13. The third-order valence-corrected chi connectivity index (χ3v) is 12.0. The van der Waals surface area contributed by atoms with Crippen molar-refractivity contribution in [2.24, 2.45) is 0 Å². The van der Waals surface area contributed by atoms with Gasteiger partial charge in [-0.2, -0.15) is 0 Å².